The Labute approximate surface area is 114 Å². The molecule has 2 heterocycles. The molecule has 1 aromatic rings. The highest BCUT2D eigenvalue weighted by Gasteiger charge is 2.21. The Hall–Kier alpha value is -1.42. The van der Waals surface area contributed by atoms with Crippen LogP contribution >= 0.6 is 0 Å². The van der Waals surface area contributed by atoms with Gasteiger partial charge in [0.25, 0.3) is 0 Å². The molecule has 19 heavy (non-hydrogen) atoms. The fourth-order valence-corrected chi connectivity index (χ4v) is 2.65. The van der Waals surface area contributed by atoms with Gasteiger partial charge in [-0.15, -0.1) is 0 Å². The molecule has 0 amide bonds. The highest BCUT2D eigenvalue weighted by Crippen LogP contribution is 2.25. The molecular weight excluding hydrogens is 240 g/mol. The van der Waals surface area contributed by atoms with Crippen molar-refractivity contribution in [1.29, 1.82) is 0 Å². The molecule has 0 radical (unpaired) electrons. The molecule has 1 aromatic heterocycles. The van der Waals surface area contributed by atoms with E-state index < -0.39 is 5.97 Å². The first kappa shape index (κ1) is 14.0. The topological polar surface area (TPSA) is 53.4 Å². The first-order valence-electron chi connectivity index (χ1n) is 6.97. The Balaban J connectivity index is 1.87. The van der Waals surface area contributed by atoms with E-state index in [9.17, 15) is 4.79 Å². The Morgan fingerprint density at radius 2 is 2.11 bits per heavy atom. The molecule has 1 fully saturated rings. The Kier molecular flexibility index (Phi) is 4.53. The molecule has 1 N–H and O–H groups in total. The molecule has 1 saturated heterocycles. The monoisotopic (exact) mass is 262 g/mol. The number of nitrogens with zero attached hydrogens (tertiary/aromatic N) is 2. The van der Waals surface area contributed by atoms with Crippen LogP contribution in [0.2, 0.25) is 0 Å². The second-order valence-corrected chi connectivity index (χ2v) is 5.70. The molecule has 2 rings (SSSR count). The van der Waals surface area contributed by atoms with Crippen LogP contribution in [0.15, 0.2) is 18.3 Å². The fraction of sp³-hybridized carbons (Fsp3) is 0.600. The molecule has 0 aliphatic carbocycles. The van der Waals surface area contributed by atoms with Gasteiger partial charge < -0.3 is 5.11 Å². The fourth-order valence-electron chi connectivity index (χ4n) is 2.65. The molecule has 0 atom stereocenters. The van der Waals surface area contributed by atoms with Crippen LogP contribution in [0.25, 0.3) is 0 Å². The van der Waals surface area contributed by atoms with Crippen molar-refractivity contribution in [2.24, 2.45) is 11.8 Å². The smallest absolute Gasteiger partial charge is 0.337 e. The van der Waals surface area contributed by atoms with Gasteiger partial charge in [0.15, 0.2) is 0 Å². The van der Waals surface area contributed by atoms with Gasteiger partial charge in [0.1, 0.15) is 0 Å². The van der Waals surface area contributed by atoms with Crippen LogP contribution in [0.5, 0.6) is 0 Å². The molecule has 104 valence electrons. The van der Waals surface area contributed by atoms with E-state index in [1.165, 1.54) is 19.0 Å². The van der Waals surface area contributed by atoms with Gasteiger partial charge >= 0.3 is 5.97 Å². The van der Waals surface area contributed by atoms with Crippen LogP contribution < -0.4 is 0 Å². The van der Waals surface area contributed by atoms with Crippen molar-refractivity contribution in [2.75, 3.05) is 13.1 Å². The number of hydrogen-bond acceptors (Lipinski definition) is 3. The summed E-state index contributed by atoms with van der Waals surface area (Å²) in [6.07, 6.45) is 3.95. The molecule has 0 aromatic carbocycles. The van der Waals surface area contributed by atoms with E-state index in [2.05, 4.69) is 23.7 Å². The summed E-state index contributed by atoms with van der Waals surface area (Å²) in [6.45, 7) is 7.65. The third-order valence-corrected chi connectivity index (χ3v) is 4.03. The minimum atomic E-state index is -0.920. The zero-order valence-electron chi connectivity index (χ0n) is 11.7. The maximum atomic E-state index is 10.8. The highest BCUT2D eigenvalue weighted by molar-refractivity contribution is 5.87. The summed E-state index contributed by atoms with van der Waals surface area (Å²) in [5.74, 6) is 0.700. The summed E-state index contributed by atoms with van der Waals surface area (Å²) in [5.41, 5.74) is 1.20. The van der Waals surface area contributed by atoms with Crippen molar-refractivity contribution in [3.8, 4) is 0 Å². The summed E-state index contributed by atoms with van der Waals surface area (Å²) in [5, 5.41) is 8.83. The van der Waals surface area contributed by atoms with E-state index in [0.717, 1.165) is 37.2 Å². The number of aromatic carboxylic acids is 1. The minimum absolute atomic E-state index is 0.252. The van der Waals surface area contributed by atoms with Crippen molar-refractivity contribution in [3.05, 3.63) is 29.6 Å². The molecule has 1 aliphatic rings. The number of hydrogen-bond donors (Lipinski definition) is 1. The van der Waals surface area contributed by atoms with E-state index in [-0.39, 0.29) is 5.56 Å². The van der Waals surface area contributed by atoms with Crippen molar-refractivity contribution in [3.63, 3.8) is 0 Å². The van der Waals surface area contributed by atoms with Gasteiger partial charge in [0.2, 0.25) is 0 Å². The molecule has 0 bridgehead atoms. The summed E-state index contributed by atoms with van der Waals surface area (Å²) >= 11 is 0. The van der Waals surface area contributed by atoms with Crippen molar-refractivity contribution >= 4 is 5.97 Å². The second-order valence-electron chi connectivity index (χ2n) is 5.70. The lowest BCUT2D eigenvalue weighted by molar-refractivity contribution is 0.0696. The lowest BCUT2D eigenvalue weighted by atomic mass is 9.87. The number of piperidine rings is 1. The number of likely N-dealkylation sites (tertiary alicyclic amines) is 1. The number of carbonyl (C=O) groups is 1. The van der Waals surface area contributed by atoms with E-state index in [1.807, 2.05) is 6.07 Å². The molecular formula is C15H22N2O2. The quantitative estimate of drug-likeness (QED) is 0.906. The van der Waals surface area contributed by atoms with E-state index in [4.69, 9.17) is 5.11 Å². The normalized spacial score (nSPS) is 17.8. The van der Waals surface area contributed by atoms with E-state index in [0.29, 0.717) is 0 Å². The lowest BCUT2D eigenvalue weighted by Crippen LogP contribution is -2.34. The predicted octanol–water partition coefficient (Wildman–Crippen LogP) is 2.65. The summed E-state index contributed by atoms with van der Waals surface area (Å²) < 4.78 is 0. The van der Waals surface area contributed by atoms with Gasteiger partial charge in [-0.25, -0.2) is 4.79 Å². The van der Waals surface area contributed by atoms with E-state index >= 15 is 0 Å². The van der Waals surface area contributed by atoms with Gasteiger partial charge in [-0.2, -0.15) is 0 Å². The van der Waals surface area contributed by atoms with Crippen LogP contribution in [0.3, 0.4) is 0 Å². The predicted molar refractivity (Wildman–Crippen MR) is 74.0 cm³/mol. The second kappa shape index (κ2) is 6.15. The molecule has 4 heteroatoms. The Bertz CT molecular complexity index is 420. The number of rotatable bonds is 4. The molecule has 0 unspecified atom stereocenters. The number of carboxylic acids is 1. The number of pyridine rings is 1. The zero-order valence-corrected chi connectivity index (χ0v) is 11.7. The molecule has 4 nitrogen and oxygen atoms in total. The first-order valence-corrected chi connectivity index (χ1v) is 6.97. The largest absolute Gasteiger partial charge is 0.478 e. The van der Waals surface area contributed by atoms with Crippen molar-refractivity contribution in [2.45, 2.75) is 33.2 Å². The SMILES string of the molecule is CC(C)C1CCN(Cc2ccc(C(=O)O)cn2)CC1. The van der Waals surface area contributed by atoms with Crippen LogP contribution in [0.4, 0.5) is 0 Å². The standard InChI is InChI=1S/C15H22N2O2/c1-11(2)12-5-7-17(8-6-12)10-14-4-3-13(9-16-14)15(18)19/h3-4,9,11-12H,5-8,10H2,1-2H3,(H,18,19). The van der Waals surface area contributed by atoms with E-state index in [1.54, 1.807) is 6.07 Å². The first-order chi connectivity index (χ1) is 9.06. The average Bonchev–Trinajstić information content (AvgIpc) is 2.40. The molecule has 1 aliphatic heterocycles. The minimum Gasteiger partial charge on any atom is -0.478 e. The van der Waals surface area contributed by atoms with Crippen LogP contribution in [0.1, 0.15) is 42.7 Å². The molecule has 0 saturated carbocycles. The maximum absolute atomic E-state index is 10.8. The number of carboxylic acid groups (broad SMARTS) is 1. The van der Waals surface area contributed by atoms with Crippen LogP contribution in [-0.2, 0) is 6.54 Å². The third kappa shape index (κ3) is 3.77. The summed E-state index contributed by atoms with van der Waals surface area (Å²) in [4.78, 5) is 17.4. The van der Waals surface area contributed by atoms with Gasteiger partial charge in [-0.05, 0) is 49.9 Å². The van der Waals surface area contributed by atoms with Gasteiger partial charge in [0, 0.05) is 12.7 Å². The van der Waals surface area contributed by atoms with Crippen molar-refractivity contribution < 1.29 is 9.90 Å². The van der Waals surface area contributed by atoms with Crippen LogP contribution in [0, 0.1) is 11.8 Å². The van der Waals surface area contributed by atoms with Gasteiger partial charge in [-0.3, -0.25) is 9.88 Å². The number of aromatic nitrogens is 1. The molecule has 0 spiro atoms. The highest BCUT2D eigenvalue weighted by atomic mass is 16.4. The lowest BCUT2D eigenvalue weighted by Gasteiger charge is -2.33. The maximum Gasteiger partial charge on any atom is 0.337 e. The van der Waals surface area contributed by atoms with Gasteiger partial charge in [-0.1, -0.05) is 13.8 Å². The summed E-state index contributed by atoms with van der Waals surface area (Å²) in [7, 11) is 0. The average molecular weight is 262 g/mol. The Morgan fingerprint density at radius 1 is 1.42 bits per heavy atom. The zero-order chi connectivity index (χ0) is 13.8. The third-order valence-electron chi connectivity index (χ3n) is 4.03. The van der Waals surface area contributed by atoms with Crippen LogP contribution in [-0.4, -0.2) is 34.0 Å². The Morgan fingerprint density at radius 3 is 2.58 bits per heavy atom. The summed E-state index contributed by atoms with van der Waals surface area (Å²) in [6, 6.07) is 3.45. The van der Waals surface area contributed by atoms with Crippen molar-refractivity contribution in [1.82, 2.24) is 9.88 Å². The van der Waals surface area contributed by atoms with Gasteiger partial charge in [0.05, 0.1) is 11.3 Å².